The average molecular weight is 354 g/mol. The van der Waals surface area contributed by atoms with E-state index in [0.29, 0.717) is 0 Å². The largest absolute Gasteiger partial charge is 0.184 e. The predicted octanol–water partition coefficient (Wildman–Crippen LogP) is 6.24. The topological polar surface area (TPSA) is 30.7 Å². The third kappa shape index (κ3) is 4.70. The van der Waals surface area contributed by atoms with E-state index in [-0.39, 0.29) is 0 Å². The fourth-order valence-electron chi connectivity index (χ4n) is 2.90. The second-order valence-electron chi connectivity index (χ2n) is 6.28. The molecule has 0 atom stereocenters. The summed E-state index contributed by atoms with van der Waals surface area (Å²) in [7, 11) is 0. The molecule has 0 bridgehead atoms. The van der Waals surface area contributed by atoms with Crippen molar-refractivity contribution in [3.05, 3.63) is 59.6 Å². The highest BCUT2D eigenvalue weighted by atomic mass is 35.5. The molecule has 0 radical (unpaired) electrons. The summed E-state index contributed by atoms with van der Waals surface area (Å²) in [6.07, 6.45) is 6.19. The van der Waals surface area contributed by atoms with Crippen LogP contribution in [0.15, 0.2) is 54.6 Å². The summed E-state index contributed by atoms with van der Waals surface area (Å²) in [5.74, 6) is 0. The molecule has 0 aliphatic carbocycles. The third-order valence-electron chi connectivity index (χ3n) is 4.28. The van der Waals surface area contributed by atoms with Gasteiger partial charge in [0.2, 0.25) is 0 Å². The van der Waals surface area contributed by atoms with Crippen LogP contribution in [0.2, 0.25) is 5.02 Å². The van der Waals surface area contributed by atoms with Gasteiger partial charge in [-0.2, -0.15) is 15.0 Å². The number of nitrogens with zero attached hydrogens (tertiary/aromatic N) is 3. The van der Waals surface area contributed by atoms with Gasteiger partial charge in [0.05, 0.1) is 6.54 Å². The first-order valence-corrected chi connectivity index (χ1v) is 9.42. The van der Waals surface area contributed by atoms with E-state index in [1.54, 1.807) is 0 Å². The minimum atomic E-state index is 0.730. The monoisotopic (exact) mass is 353 g/mol. The number of hydrogen-bond donors (Lipinski definition) is 0. The number of rotatable bonds is 8. The van der Waals surface area contributed by atoms with Gasteiger partial charge in [-0.05, 0) is 18.6 Å². The fraction of sp³-hybridized carbons (Fsp3) is 0.333. The Bertz CT molecular complexity index is 779. The Labute approximate surface area is 154 Å². The highest BCUT2D eigenvalue weighted by Crippen LogP contribution is 2.29. The van der Waals surface area contributed by atoms with Crippen LogP contribution in [0.5, 0.6) is 0 Å². The molecule has 1 aromatic heterocycles. The Morgan fingerprint density at radius 2 is 1.36 bits per heavy atom. The van der Waals surface area contributed by atoms with Crippen molar-refractivity contribution in [2.45, 2.75) is 45.6 Å². The van der Waals surface area contributed by atoms with E-state index >= 15 is 0 Å². The standard InChI is InChI=1S/C21H24ClN3/c1-2-3-4-5-9-16-25-23-20(17-10-7-6-8-11-17)21(24-25)18-12-14-19(22)15-13-18/h6-8,10-15H,2-5,9,16H2,1H3. The first kappa shape index (κ1) is 17.7. The lowest BCUT2D eigenvalue weighted by Gasteiger charge is -2.01. The van der Waals surface area contributed by atoms with Crippen LogP contribution in [0.25, 0.3) is 22.5 Å². The summed E-state index contributed by atoms with van der Waals surface area (Å²) in [5.41, 5.74) is 3.97. The number of halogens is 1. The van der Waals surface area contributed by atoms with Gasteiger partial charge in [-0.15, -0.1) is 0 Å². The van der Waals surface area contributed by atoms with E-state index in [2.05, 4.69) is 19.1 Å². The van der Waals surface area contributed by atoms with Crippen LogP contribution in [0.4, 0.5) is 0 Å². The minimum Gasteiger partial charge on any atom is -0.184 e. The molecule has 3 nitrogen and oxygen atoms in total. The van der Waals surface area contributed by atoms with Crippen molar-refractivity contribution in [3.63, 3.8) is 0 Å². The molecular weight excluding hydrogens is 330 g/mol. The first-order valence-electron chi connectivity index (χ1n) is 9.04. The van der Waals surface area contributed by atoms with Gasteiger partial charge in [0.1, 0.15) is 11.4 Å². The summed E-state index contributed by atoms with van der Waals surface area (Å²) in [6.45, 7) is 3.09. The highest BCUT2D eigenvalue weighted by Gasteiger charge is 2.14. The number of hydrogen-bond acceptors (Lipinski definition) is 2. The first-order chi connectivity index (χ1) is 12.3. The lowest BCUT2D eigenvalue weighted by atomic mass is 10.1. The lowest BCUT2D eigenvalue weighted by Crippen LogP contribution is -2.02. The Morgan fingerprint density at radius 1 is 0.760 bits per heavy atom. The van der Waals surface area contributed by atoms with E-state index < -0.39 is 0 Å². The normalized spacial score (nSPS) is 11.0. The minimum absolute atomic E-state index is 0.730. The number of aryl methyl sites for hydroxylation is 1. The summed E-state index contributed by atoms with van der Waals surface area (Å²) in [4.78, 5) is 1.85. The molecule has 0 saturated heterocycles. The van der Waals surface area contributed by atoms with Gasteiger partial charge in [0.25, 0.3) is 0 Å². The molecule has 3 aromatic rings. The summed E-state index contributed by atoms with van der Waals surface area (Å²) in [6, 6.07) is 18.0. The molecule has 130 valence electrons. The van der Waals surface area contributed by atoms with Gasteiger partial charge in [-0.3, -0.25) is 0 Å². The lowest BCUT2D eigenvalue weighted by molar-refractivity contribution is 0.487. The molecule has 0 spiro atoms. The van der Waals surface area contributed by atoms with Gasteiger partial charge in [0, 0.05) is 16.1 Å². The molecule has 0 aliphatic rings. The molecule has 0 N–H and O–H groups in total. The van der Waals surface area contributed by atoms with Crippen LogP contribution < -0.4 is 0 Å². The van der Waals surface area contributed by atoms with E-state index in [1.807, 2.05) is 47.3 Å². The number of benzene rings is 2. The Balaban J connectivity index is 1.85. The Kier molecular flexibility index (Phi) is 6.24. The number of aromatic nitrogens is 3. The summed E-state index contributed by atoms with van der Waals surface area (Å²) in [5, 5.41) is 10.3. The maximum atomic E-state index is 6.03. The molecule has 0 amide bonds. The third-order valence-corrected chi connectivity index (χ3v) is 4.53. The Morgan fingerprint density at radius 3 is 2.00 bits per heavy atom. The van der Waals surface area contributed by atoms with E-state index in [1.165, 1.54) is 25.7 Å². The van der Waals surface area contributed by atoms with Crippen LogP contribution in [0.1, 0.15) is 39.0 Å². The SMILES string of the molecule is CCCCCCCn1nc(-c2ccccc2)c(-c2ccc(Cl)cc2)n1. The van der Waals surface area contributed by atoms with Gasteiger partial charge in [-0.25, -0.2) is 0 Å². The molecule has 4 heteroatoms. The van der Waals surface area contributed by atoms with Crippen molar-refractivity contribution in [1.82, 2.24) is 15.0 Å². The summed E-state index contributed by atoms with van der Waals surface area (Å²) < 4.78 is 0. The van der Waals surface area contributed by atoms with Crippen molar-refractivity contribution in [1.29, 1.82) is 0 Å². The van der Waals surface area contributed by atoms with Crippen LogP contribution in [-0.2, 0) is 6.54 Å². The van der Waals surface area contributed by atoms with Gasteiger partial charge >= 0.3 is 0 Å². The molecule has 2 aromatic carbocycles. The number of unbranched alkanes of at least 4 members (excludes halogenated alkanes) is 4. The van der Waals surface area contributed by atoms with Crippen LogP contribution >= 0.6 is 11.6 Å². The quantitative estimate of drug-likeness (QED) is 0.449. The molecule has 1 heterocycles. The van der Waals surface area contributed by atoms with Crippen molar-refractivity contribution < 1.29 is 0 Å². The van der Waals surface area contributed by atoms with Crippen molar-refractivity contribution >= 4 is 11.6 Å². The van der Waals surface area contributed by atoms with E-state index in [0.717, 1.165) is 40.5 Å². The van der Waals surface area contributed by atoms with Crippen LogP contribution in [-0.4, -0.2) is 15.0 Å². The van der Waals surface area contributed by atoms with E-state index in [9.17, 15) is 0 Å². The van der Waals surface area contributed by atoms with Gasteiger partial charge < -0.3 is 0 Å². The predicted molar refractivity (Wildman–Crippen MR) is 105 cm³/mol. The molecule has 0 unspecified atom stereocenters. The maximum absolute atomic E-state index is 6.03. The smallest absolute Gasteiger partial charge is 0.121 e. The Hall–Kier alpha value is -2.13. The maximum Gasteiger partial charge on any atom is 0.121 e. The summed E-state index contributed by atoms with van der Waals surface area (Å²) >= 11 is 6.03. The van der Waals surface area contributed by atoms with Crippen molar-refractivity contribution in [2.24, 2.45) is 0 Å². The highest BCUT2D eigenvalue weighted by molar-refractivity contribution is 6.30. The van der Waals surface area contributed by atoms with Crippen LogP contribution in [0, 0.1) is 0 Å². The molecule has 0 saturated carbocycles. The molecule has 25 heavy (non-hydrogen) atoms. The molecule has 0 aliphatic heterocycles. The molecular formula is C21H24ClN3. The molecule has 0 fully saturated rings. The van der Waals surface area contributed by atoms with Crippen molar-refractivity contribution in [3.8, 4) is 22.5 Å². The van der Waals surface area contributed by atoms with Gasteiger partial charge in [0.15, 0.2) is 0 Å². The molecule has 3 rings (SSSR count). The zero-order valence-electron chi connectivity index (χ0n) is 14.7. The van der Waals surface area contributed by atoms with Gasteiger partial charge in [-0.1, -0.05) is 86.7 Å². The second kappa shape index (κ2) is 8.82. The van der Waals surface area contributed by atoms with Crippen LogP contribution in [0.3, 0.4) is 0 Å². The average Bonchev–Trinajstić information content (AvgIpc) is 3.07. The second-order valence-corrected chi connectivity index (χ2v) is 6.72. The zero-order chi connectivity index (χ0) is 17.5. The zero-order valence-corrected chi connectivity index (χ0v) is 15.4. The fourth-order valence-corrected chi connectivity index (χ4v) is 3.02. The van der Waals surface area contributed by atoms with Crippen molar-refractivity contribution in [2.75, 3.05) is 0 Å². The van der Waals surface area contributed by atoms with E-state index in [4.69, 9.17) is 21.8 Å².